The van der Waals surface area contributed by atoms with Crippen molar-refractivity contribution in [3.63, 3.8) is 0 Å². The van der Waals surface area contributed by atoms with E-state index in [4.69, 9.17) is 5.14 Å². The zero-order chi connectivity index (χ0) is 12.6. The molecule has 1 saturated heterocycles. The van der Waals surface area contributed by atoms with E-state index in [0.717, 1.165) is 24.3 Å². The Hall–Kier alpha value is -0.700. The first-order valence-corrected chi connectivity index (χ1v) is 7.66. The topological polar surface area (TPSA) is 96.5 Å². The Labute approximate surface area is 104 Å². The summed E-state index contributed by atoms with van der Waals surface area (Å²) in [5.74, 6) is 0.268. The van der Waals surface area contributed by atoms with E-state index in [1.807, 2.05) is 11.8 Å². The highest BCUT2D eigenvalue weighted by molar-refractivity contribution is 7.91. The summed E-state index contributed by atoms with van der Waals surface area (Å²) in [5.41, 5.74) is 0. The zero-order valence-corrected chi connectivity index (χ0v) is 11.0. The number of thiazole rings is 1. The number of hydrogen-bond acceptors (Lipinski definition) is 6. The highest BCUT2D eigenvalue weighted by Gasteiger charge is 2.26. The smallest absolute Gasteiger partial charge is 0.249 e. The molecule has 1 aromatic heterocycles. The first-order chi connectivity index (χ1) is 7.88. The van der Waals surface area contributed by atoms with Crippen molar-refractivity contribution in [2.45, 2.75) is 23.7 Å². The first kappa shape index (κ1) is 12.7. The number of hydrogen-bond donors (Lipinski definition) is 2. The first-order valence-electron chi connectivity index (χ1n) is 5.29. The molecule has 2 rings (SSSR count). The lowest BCUT2D eigenvalue weighted by Crippen LogP contribution is -2.42. The second-order valence-electron chi connectivity index (χ2n) is 4.29. The van der Waals surface area contributed by atoms with Crippen LogP contribution in [-0.2, 0) is 10.0 Å². The molecule has 2 heterocycles. The molecule has 0 aliphatic carbocycles. The molecule has 6 nitrogen and oxygen atoms in total. The molecule has 1 fully saturated rings. The third kappa shape index (κ3) is 2.76. The number of aliphatic hydroxyl groups is 1. The lowest BCUT2D eigenvalue weighted by atomic mass is 9.96. The Bertz CT molecular complexity index is 499. The van der Waals surface area contributed by atoms with Gasteiger partial charge < -0.3 is 10.0 Å². The summed E-state index contributed by atoms with van der Waals surface area (Å²) in [7, 11) is -3.68. The van der Waals surface area contributed by atoms with Gasteiger partial charge in [0, 0.05) is 13.1 Å². The van der Waals surface area contributed by atoms with Gasteiger partial charge in [0.15, 0.2) is 9.34 Å². The van der Waals surface area contributed by atoms with Gasteiger partial charge in [-0.3, -0.25) is 0 Å². The fraction of sp³-hybridized carbons (Fsp3) is 0.667. The summed E-state index contributed by atoms with van der Waals surface area (Å²) in [6.07, 6.45) is 1.73. The van der Waals surface area contributed by atoms with E-state index in [1.165, 1.54) is 6.20 Å². The van der Waals surface area contributed by atoms with Crippen LogP contribution < -0.4 is 10.0 Å². The predicted molar refractivity (Wildman–Crippen MR) is 65.5 cm³/mol. The standard InChI is InChI=1S/C9H15N3O3S2/c1-6-2-3-12(5-7(6)13)9-11-4-8(16-9)17(10,14)15/h4,6-7,13H,2-3,5H2,1H3,(H2,10,14,15). The van der Waals surface area contributed by atoms with Crippen molar-refractivity contribution in [3.8, 4) is 0 Å². The molecule has 1 aliphatic rings. The molecule has 17 heavy (non-hydrogen) atoms. The second-order valence-corrected chi connectivity index (χ2v) is 7.08. The summed E-state index contributed by atoms with van der Waals surface area (Å²) in [5, 5.41) is 15.4. The molecular formula is C9H15N3O3S2. The van der Waals surface area contributed by atoms with Gasteiger partial charge in [-0.2, -0.15) is 0 Å². The number of aromatic nitrogens is 1. The van der Waals surface area contributed by atoms with E-state index in [-0.39, 0.29) is 10.1 Å². The normalized spacial score (nSPS) is 26.2. The minimum Gasteiger partial charge on any atom is -0.391 e. The maximum absolute atomic E-state index is 11.1. The minimum atomic E-state index is -3.68. The van der Waals surface area contributed by atoms with E-state index in [0.29, 0.717) is 11.7 Å². The Morgan fingerprint density at radius 3 is 2.88 bits per heavy atom. The molecule has 96 valence electrons. The quantitative estimate of drug-likeness (QED) is 0.793. The highest BCUT2D eigenvalue weighted by atomic mass is 32.2. The third-order valence-corrected chi connectivity index (χ3v) is 5.41. The van der Waals surface area contributed by atoms with Crippen molar-refractivity contribution in [1.29, 1.82) is 0 Å². The van der Waals surface area contributed by atoms with Gasteiger partial charge in [0.05, 0.1) is 12.3 Å². The van der Waals surface area contributed by atoms with Crippen LogP contribution in [0.15, 0.2) is 10.4 Å². The number of sulfonamides is 1. The summed E-state index contributed by atoms with van der Waals surface area (Å²) in [6, 6.07) is 0. The van der Waals surface area contributed by atoms with E-state index in [1.54, 1.807) is 0 Å². The third-order valence-electron chi connectivity index (χ3n) is 2.94. The molecule has 1 aliphatic heterocycles. The van der Waals surface area contributed by atoms with Crippen LogP contribution in [0, 0.1) is 5.92 Å². The van der Waals surface area contributed by atoms with E-state index >= 15 is 0 Å². The molecule has 8 heteroatoms. The molecule has 0 bridgehead atoms. The molecule has 3 N–H and O–H groups in total. The minimum absolute atomic E-state index is 0.0561. The number of piperidine rings is 1. The van der Waals surface area contributed by atoms with Crippen LogP contribution in [0.2, 0.25) is 0 Å². The average molecular weight is 277 g/mol. The van der Waals surface area contributed by atoms with Gasteiger partial charge in [-0.1, -0.05) is 18.3 Å². The van der Waals surface area contributed by atoms with Crippen LogP contribution in [0.4, 0.5) is 5.13 Å². The Morgan fingerprint density at radius 1 is 1.65 bits per heavy atom. The molecule has 1 aromatic rings. The van der Waals surface area contributed by atoms with Crippen LogP contribution in [-0.4, -0.2) is 37.7 Å². The Morgan fingerprint density at radius 2 is 2.35 bits per heavy atom. The fourth-order valence-electron chi connectivity index (χ4n) is 1.75. The molecule has 0 spiro atoms. The number of nitrogens with zero attached hydrogens (tertiary/aromatic N) is 2. The van der Waals surface area contributed by atoms with Gasteiger partial charge in [-0.25, -0.2) is 18.5 Å². The molecule has 0 amide bonds. The van der Waals surface area contributed by atoms with Gasteiger partial charge in [0.1, 0.15) is 0 Å². The van der Waals surface area contributed by atoms with E-state index in [2.05, 4.69) is 4.98 Å². The second kappa shape index (κ2) is 4.52. The maximum atomic E-state index is 11.1. The van der Waals surface area contributed by atoms with Crippen LogP contribution in [0.3, 0.4) is 0 Å². The summed E-state index contributed by atoms with van der Waals surface area (Å²) in [4.78, 5) is 5.93. The van der Waals surface area contributed by atoms with Gasteiger partial charge in [0.2, 0.25) is 10.0 Å². The molecule has 2 atom stereocenters. The van der Waals surface area contributed by atoms with Crippen molar-refractivity contribution < 1.29 is 13.5 Å². The number of primary sulfonamides is 1. The predicted octanol–water partition coefficient (Wildman–Crippen LogP) is -0.00240. The Balaban J connectivity index is 2.16. The lowest BCUT2D eigenvalue weighted by molar-refractivity contribution is 0.103. The van der Waals surface area contributed by atoms with Gasteiger partial charge in [-0.15, -0.1) is 0 Å². The van der Waals surface area contributed by atoms with Crippen molar-refractivity contribution in [2.75, 3.05) is 18.0 Å². The molecule has 0 aromatic carbocycles. The summed E-state index contributed by atoms with van der Waals surface area (Å²) >= 11 is 1.04. The molecular weight excluding hydrogens is 262 g/mol. The summed E-state index contributed by atoms with van der Waals surface area (Å²) < 4.78 is 22.3. The number of rotatable bonds is 2. The lowest BCUT2D eigenvalue weighted by Gasteiger charge is -2.33. The highest BCUT2D eigenvalue weighted by Crippen LogP contribution is 2.28. The largest absolute Gasteiger partial charge is 0.391 e. The van der Waals surface area contributed by atoms with Crippen LogP contribution in [0.25, 0.3) is 0 Å². The Kier molecular flexibility index (Phi) is 3.39. The summed E-state index contributed by atoms with van der Waals surface area (Å²) in [6.45, 7) is 3.26. The monoisotopic (exact) mass is 277 g/mol. The number of anilines is 1. The SMILES string of the molecule is CC1CCN(c2ncc(S(N)(=O)=O)s2)CC1O. The molecule has 0 saturated carbocycles. The zero-order valence-electron chi connectivity index (χ0n) is 9.41. The van der Waals surface area contributed by atoms with Gasteiger partial charge in [0.25, 0.3) is 0 Å². The number of aliphatic hydroxyl groups excluding tert-OH is 1. The number of β-amino-alcohol motifs (C(OH)–C–C–N with tert-alkyl or cyclic N) is 1. The van der Waals surface area contributed by atoms with E-state index in [9.17, 15) is 13.5 Å². The van der Waals surface area contributed by atoms with Crippen LogP contribution >= 0.6 is 11.3 Å². The maximum Gasteiger partial charge on any atom is 0.249 e. The van der Waals surface area contributed by atoms with Crippen molar-refractivity contribution in [3.05, 3.63) is 6.20 Å². The van der Waals surface area contributed by atoms with Crippen molar-refractivity contribution in [2.24, 2.45) is 11.1 Å². The fourth-order valence-corrected chi connectivity index (χ4v) is 3.32. The van der Waals surface area contributed by atoms with E-state index < -0.39 is 16.1 Å². The number of nitrogens with two attached hydrogens (primary N) is 1. The average Bonchev–Trinajstić information content (AvgIpc) is 2.70. The molecule has 2 unspecified atom stereocenters. The van der Waals surface area contributed by atoms with Crippen LogP contribution in [0.5, 0.6) is 0 Å². The molecule has 0 radical (unpaired) electrons. The van der Waals surface area contributed by atoms with Gasteiger partial charge in [-0.05, 0) is 12.3 Å². The van der Waals surface area contributed by atoms with Gasteiger partial charge >= 0.3 is 0 Å². The van der Waals surface area contributed by atoms with Crippen LogP contribution in [0.1, 0.15) is 13.3 Å². The van der Waals surface area contributed by atoms with Crippen molar-refractivity contribution >= 4 is 26.5 Å². The van der Waals surface area contributed by atoms with Crippen molar-refractivity contribution in [1.82, 2.24) is 4.98 Å².